The Bertz CT molecular complexity index is 909. The summed E-state index contributed by atoms with van der Waals surface area (Å²) in [6.45, 7) is 3.81. The summed E-state index contributed by atoms with van der Waals surface area (Å²) in [5.74, 6) is 0.354. The zero-order valence-corrected chi connectivity index (χ0v) is 14.4. The van der Waals surface area contributed by atoms with Crippen LogP contribution in [0, 0.1) is 5.82 Å². The van der Waals surface area contributed by atoms with E-state index < -0.39 is 0 Å². The van der Waals surface area contributed by atoms with E-state index in [2.05, 4.69) is 19.8 Å². The number of aliphatic imine (C=N–C) groups is 1. The molecule has 1 aromatic carbocycles. The fourth-order valence-corrected chi connectivity index (χ4v) is 3.18. The molecule has 3 aromatic rings. The molecular formula is C19H21FN6. The predicted octanol–water partition coefficient (Wildman–Crippen LogP) is 2.11. The van der Waals surface area contributed by atoms with E-state index in [0.717, 1.165) is 42.9 Å². The van der Waals surface area contributed by atoms with E-state index in [9.17, 15) is 4.39 Å². The lowest BCUT2D eigenvalue weighted by molar-refractivity contribution is 0.380. The van der Waals surface area contributed by atoms with Crippen molar-refractivity contribution in [3.05, 3.63) is 66.5 Å². The second-order valence-corrected chi connectivity index (χ2v) is 6.39. The molecule has 0 bridgehead atoms. The number of rotatable bonds is 3. The topological polar surface area (TPSA) is 62.2 Å². The van der Waals surface area contributed by atoms with Crippen molar-refractivity contribution in [1.82, 2.24) is 14.3 Å². The average Bonchev–Trinajstić information content (AvgIpc) is 3.15. The van der Waals surface area contributed by atoms with Gasteiger partial charge in [-0.05, 0) is 35.9 Å². The lowest BCUT2D eigenvalue weighted by Crippen LogP contribution is -2.51. The van der Waals surface area contributed by atoms with Gasteiger partial charge in [0.1, 0.15) is 5.82 Å². The highest BCUT2D eigenvalue weighted by Gasteiger charge is 2.18. The summed E-state index contributed by atoms with van der Waals surface area (Å²) in [6.07, 6.45) is 5.62. The quantitative estimate of drug-likeness (QED) is 0.579. The summed E-state index contributed by atoms with van der Waals surface area (Å²) in [7, 11) is 0. The number of anilines is 1. The number of guanidine groups is 1. The first kappa shape index (κ1) is 16.4. The highest BCUT2D eigenvalue weighted by Crippen LogP contribution is 2.17. The minimum atomic E-state index is -0.211. The van der Waals surface area contributed by atoms with Crippen LogP contribution in [0.5, 0.6) is 0 Å². The van der Waals surface area contributed by atoms with Crippen LogP contribution in [0.1, 0.15) is 5.56 Å². The van der Waals surface area contributed by atoms with Crippen molar-refractivity contribution in [2.24, 2.45) is 10.7 Å². The maximum atomic E-state index is 13.1. The number of hydrogen-bond donors (Lipinski definition) is 1. The Balaban J connectivity index is 1.35. The number of nitrogens with two attached hydrogens (primary N) is 1. The number of pyridine rings is 1. The second-order valence-electron chi connectivity index (χ2n) is 6.39. The van der Waals surface area contributed by atoms with E-state index >= 15 is 0 Å². The molecule has 0 atom stereocenters. The molecule has 0 aliphatic carbocycles. The summed E-state index contributed by atoms with van der Waals surface area (Å²) >= 11 is 0. The lowest BCUT2D eigenvalue weighted by atomic mass is 10.2. The van der Waals surface area contributed by atoms with Crippen molar-refractivity contribution >= 4 is 17.2 Å². The molecule has 1 aliphatic heterocycles. The predicted molar refractivity (Wildman–Crippen MR) is 101 cm³/mol. The summed E-state index contributed by atoms with van der Waals surface area (Å²) in [5.41, 5.74) is 9.36. The molecule has 2 aromatic heterocycles. The average molecular weight is 352 g/mol. The van der Waals surface area contributed by atoms with Crippen LogP contribution in [0.2, 0.25) is 0 Å². The lowest BCUT2D eigenvalue weighted by Gasteiger charge is -2.36. The maximum Gasteiger partial charge on any atom is 0.191 e. The van der Waals surface area contributed by atoms with E-state index in [-0.39, 0.29) is 5.82 Å². The molecule has 1 aliphatic rings. The molecule has 3 heterocycles. The Morgan fingerprint density at radius 2 is 1.85 bits per heavy atom. The Morgan fingerprint density at radius 1 is 1.08 bits per heavy atom. The minimum Gasteiger partial charge on any atom is -0.370 e. The van der Waals surface area contributed by atoms with Gasteiger partial charge in [0.05, 0.1) is 24.6 Å². The van der Waals surface area contributed by atoms with Gasteiger partial charge in [0.15, 0.2) is 5.96 Å². The molecule has 0 radical (unpaired) electrons. The van der Waals surface area contributed by atoms with E-state index in [1.54, 1.807) is 6.33 Å². The van der Waals surface area contributed by atoms with E-state index in [1.165, 1.54) is 12.1 Å². The first-order valence-electron chi connectivity index (χ1n) is 8.65. The highest BCUT2D eigenvalue weighted by atomic mass is 19.1. The number of benzene rings is 1. The van der Waals surface area contributed by atoms with Crippen molar-refractivity contribution in [2.45, 2.75) is 6.54 Å². The van der Waals surface area contributed by atoms with Crippen molar-refractivity contribution < 1.29 is 4.39 Å². The largest absolute Gasteiger partial charge is 0.370 e. The third kappa shape index (κ3) is 3.46. The van der Waals surface area contributed by atoms with Gasteiger partial charge in [-0.25, -0.2) is 14.4 Å². The minimum absolute atomic E-state index is 0.211. The molecule has 4 rings (SSSR count). The number of fused-ring (bicyclic) bond motifs is 1. The Hall–Kier alpha value is -3.09. The van der Waals surface area contributed by atoms with Gasteiger partial charge >= 0.3 is 0 Å². The van der Waals surface area contributed by atoms with E-state index in [1.807, 2.05) is 41.1 Å². The molecule has 6 nitrogen and oxygen atoms in total. The van der Waals surface area contributed by atoms with Crippen LogP contribution < -0.4 is 10.6 Å². The molecule has 0 spiro atoms. The number of aromatic nitrogens is 2. The Kier molecular flexibility index (Phi) is 4.43. The monoisotopic (exact) mass is 352 g/mol. The molecule has 1 fully saturated rings. The zero-order valence-electron chi connectivity index (χ0n) is 14.4. The first-order valence-corrected chi connectivity index (χ1v) is 8.65. The summed E-state index contributed by atoms with van der Waals surface area (Å²) in [4.78, 5) is 13.0. The molecule has 0 saturated carbocycles. The van der Waals surface area contributed by atoms with Crippen LogP contribution in [0.15, 0.2) is 60.1 Å². The molecule has 134 valence electrons. The van der Waals surface area contributed by atoms with Gasteiger partial charge in [-0.15, -0.1) is 0 Å². The molecule has 1 saturated heterocycles. The highest BCUT2D eigenvalue weighted by molar-refractivity contribution is 5.78. The standard InChI is InChI=1S/C19H21FN6/c20-16-2-5-17(6-3-16)24-7-9-25(10-8-24)19(21)23-11-15-1-4-18-12-22-14-26(18)13-15/h1-6,12-14H,7-11H2,(H2,21,23). The van der Waals surface area contributed by atoms with Gasteiger partial charge in [0.25, 0.3) is 0 Å². The van der Waals surface area contributed by atoms with Crippen molar-refractivity contribution in [2.75, 3.05) is 31.1 Å². The Labute approximate surface area is 151 Å². The molecular weight excluding hydrogens is 331 g/mol. The Morgan fingerprint density at radius 3 is 2.62 bits per heavy atom. The van der Waals surface area contributed by atoms with Gasteiger partial charge < -0.3 is 19.9 Å². The van der Waals surface area contributed by atoms with Crippen LogP contribution in [-0.2, 0) is 6.54 Å². The van der Waals surface area contributed by atoms with Crippen LogP contribution in [0.3, 0.4) is 0 Å². The molecule has 7 heteroatoms. The maximum absolute atomic E-state index is 13.1. The first-order chi connectivity index (χ1) is 12.7. The molecule has 0 unspecified atom stereocenters. The smallest absolute Gasteiger partial charge is 0.191 e. The number of piperazine rings is 1. The number of nitrogens with zero attached hydrogens (tertiary/aromatic N) is 5. The van der Waals surface area contributed by atoms with Crippen molar-refractivity contribution in [3.63, 3.8) is 0 Å². The summed E-state index contributed by atoms with van der Waals surface area (Å²) in [6, 6.07) is 10.7. The van der Waals surface area contributed by atoms with Crippen molar-refractivity contribution in [3.8, 4) is 0 Å². The number of hydrogen-bond acceptors (Lipinski definition) is 3. The SMILES string of the molecule is NC(=NCc1ccc2cncn2c1)N1CCN(c2ccc(F)cc2)CC1. The summed E-state index contributed by atoms with van der Waals surface area (Å²) < 4.78 is 15.0. The van der Waals surface area contributed by atoms with Crippen LogP contribution in [0.4, 0.5) is 10.1 Å². The third-order valence-electron chi connectivity index (χ3n) is 4.69. The van der Waals surface area contributed by atoms with Crippen LogP contribution in [0.25, 0.3) is 5.52 Å². The summed E-state index contributed by atoms with van der Waals surface area (Å²) in [5, 5.41) is 0. The molecule has 0 amide bonds. The number of imidazole rings is 1. The van der Waals surface area contributed by atoms with E-state index in [0.29, 0.717) is 12.5 Å². The normalized spacial score (nSPS) is 15.7. The van der Waals surface area contributed by atoms with Crippen LogP contribution in [-0.4, -0.2) is 46.4 Å². The molecule has 2 N–H and O–H groups in total. The van der Waals surface area contributed by atoms with Gasteiger partial charge in [0.2, 0.25) is 0 Å². The zero-order chi connectivity index (χ0) is 17.9. The fraction of sp³-hybridized carbons (Fsp3) is 0.263. The van der Waals surface area contributed by atoms with Crippen molar-refractivity contribution in [1.29, 1.82) is 0 Å². The van der Waals surface area contributed by atoms with Gasteiger partial charge in [0, 0.05) is 38.1 Å². The van der Waals surface area contributed by atoms with Gasteiger partial charge in [-0.2, -0.15) is 0 Å². The number of halogens is 1. The third-order valence-corrected chi connectivity index (χ3v) is 4.69. The molecule has 26 heavy (non-hydrogen) atoms. The fourth-order valence-electron chi connectivity index (χ4n) is 3.18. The van der Waals surface area contributed by atoms with Crippen LogP contribution >= 0.6 is 0 Å². The van der Waals surface area contributed by atoms with Gasteiger partial charge in [-0.3, -0.25) is 0 Å². The van der Waals surface area contributed by atoms with E-state index in [4.69, 9.17) is 5.73 Å². The van der Waals surface area contributed by atoms with Gasteiger partial charge in [-0.1, -0.05) is 6.07 Å². The second kappa shape index (κ2) is 7.03.